The maximum absolute atomic E-state index is 12.5. The van der Waals surface area contributed by atoms with Crippen molar-refractivity contribution in [3.63, 3.8) is 0 Å². The van der Waals surface area contributed by atoms with Crippen LogP contribution in [0, 0.1) is 0 Å². The first-order valence-electron chi connectivity index (χ1n) is 7.53. The van der Waals surface area contributed by atoms with Crippen molar-refractivity contribution in [2.24, 2.45) is 5.73 Å². The minimum atomic E-state index is -3.35. The molecule has 3 N–H and O–H groups in total. The van der Waals surface area contributed by atoms with E-state index in [0.717, 1.165) is 24.1 Å². The lowest BCUT2D eigenvalue weighted by Crippen LogP contribution is -2.39. The van der Waals surface area contributed by atoms with Crippen LogP contribution < -0.4 is 11.1 Å². The van der Waals surface area contributed by atoms with E-state index in [1.54, 1.807) is 17.3 Å². The van der Waals surface area contributed by atoms with Crippen molar-refractivity contribution in [3.05, 3.63) is 17.0 Å². The zero-order valence-corrected chi connectivity index (χ0v) is 14.4. The van der Waals surface area contributed by atoms with Gasteiger partial charge in [-0.05, 0) is 38.3 Å². The van der Waals surface area contributed by atoms with E-state index >= 15 is 0 Å². The van der Waals surface area contributed by atoms with Gasteiger partial charge in [0.2, 0.25) is 5.91 Å². The minimum Gasteiger partial charge on any atom is -0.354 e. The molecule has 2 rings (SSSR count). The van der Waals surface area contributed by atoms with Crippen LogP contribution in [0.4, 0.5) is 0 Å². The molecule has 0 aromatic carbocycles. The lowest BCUT2D eigenvalue weighted by atomic mass is 10.2. The molecule has 1 atom stereocenters. The zero-order chi connectivity index (χ0) is 16.2. The molecule has 1 amide bonds. The second-order valence-corrected chi connectivity index (χ2v) is 8.85. The summed E-state index contributed by atoms with van der Waals surface area (Å²) >= 11 is 1.28. The predicted molar refractivity (Wildman–Crippen MR) is 87.3 cm³/mol. The standard InChI is InChI=1S/C14H23N3O3S2/c1-11(15)14(18)16-8-7-12-5-6-13(21-12)22(19,20)17-9-3-2-4-10-17/h5-6,11H,2-4,7-10,15H2,1H3,(H,16,18)/t11-/m0/s1. The summed E-state index contributed by atoms with van der Waals surface area (Å²) in [5, 5.41) is 2.72. The molecule has 1 aromatic heterocycles. The number of piperidine rings is 1. The number of nitrogens with two attached hydrogens (primary N) is 1. The Kier molecular flexibility index (Phi) is 5.96. The van der Waals surface area contributed by atoms with Crippen LogP contribution in [0.2, 0.25) is 0 Å². The van der Waals surface area contributed by atoms with Gasteiger partial charge in [0.25, 0.3) is 10.0 Å². The number of sulfonamides is 1. The number of carbonyl (C=O) groups excluding carboxylic acids is 1. The molecule has 6 nitrogen and oxygen atoms in total. The summed E-state index contributed by atoms with van der Waals surface area (Å²) in [4.78, 5) is 12.3. The molecule has 0 aliphatic carbocycles. The molecule has 1 aliphatic heterocycles. The van der Waals surface area contributed by atoms with Gasteiger partial charge in [-0.1, -0.05) is 6.42 Å². The van der Waals surface area contributed by atoms with Gasteiger partial charge in [-0.25, -0.2) is 8.42 Å². The first-order chi connectivity index (χ1) is 10.4. The molecule has 0 saturated carbocycles. The number of hydrogen-bond acceptors (Lipinski definition) is 5. The van der Waals surface area contributed by atoms with E-state index in [0.29, 0.717) is 30.3 Å². The molecule has 1 aliphatic rings. The average molecular weight is 345 g/mol. The van der Waals surface area contributed by atoms with E-state index in [1.807, 2.05) is 6.07 Å². The monoisotopic (exact) mass is 345 g/mol. The number of thiophene rings is 1. The molecule has 0 bridgehead atoms. The van der Waals surface area contributed by atoms with Crippen molar-refractivity contribution < 1.29 is 13.2 Å². The fraction of sp³-hybridized carbons (Fsp3) is 0.643. The molecule has 1 aromatic rings. The second kappa shape index (κ2) is 7.54. The van der Waals surface area contributed by atoms with Gasteiger partial charge in [0, 0.05) is 24.5 Å². The third-order valence-electron chi connectivity index (χ3n) is 3.63. The summed E-state index contributed by atoms with van der Waals surface area (Å²) in [6.45, 7) is 3.31. The number of nitrogens with zero attached hydrogens (tertiary/aromatic N) is 1. The fourth-order valence-electron chi connectivity index (χ4n) is 2.33. The maximum Gasteiger partial charge on any atom is 0.252 e. The Balaban J connectivity index is 1.94. The Labute approximate surface area is 135 Å². The molecule has 0 radical (unpaired) electrons. The van der Waals surface area contributed by atoms with Crippen molar-refractivity contribution in [2.45, 2.75) is 42.9 Å². The SMILES string of the molecule is C[C@H](N)C(=O)NCCc1ccc(S(=O)(=O)N2CCCCC2)s1. The van der Waals surface area contributed by atoms with Gasteiger partial charge in [-0.3, -0.25) is 4.79 Å². The van der Waals surface area contributed by atoms with Crippen LogP contribution in [0.25, 0.3) is 0 Å². The van der Waals surface area contributed by atoms with Crippen LogP contribution in [-0.4, -0.2) is 44.3 Å². The Bertz CT molecular complexity index is 605. The van der Waals surface area contributed by atoms with Crippen LogP contribution in [0.3, 0.4) is 0 Å². The third kappa shape index (κ3) is 4.28. The molecular formula is C14H23N3O3S2. The van der Waals surface area contributed by atoms with Gasteiger partial charge in [-0.15, -0.1) is 11.3 Å². The largest absolute Gasteiger partial charge is 0.354 e. The van der Waals surface area contributed by atoms with E-state index in [2.05, 4.69) is 5.32 Å². The summed E-state index contributed by atoms with van der Waals surface area (Å²) in [5.74, 6) is -0.197. The summed E-state index contributed by atoms with van der Waals surface area (Å²) in [6, 6.07) is 2.95. The van der Waals surface area contributed by atoms with E-state index < -0.39 is 16.1 Å². The maximum atomic E-state index is 12.5. The van der Waals surface area contributed by atoms with Crippen LogP contribution in [-0.2, 0) is 21.2 Å². The van der Waals surface area contributed by atoms with Gasteiger partial charge in [0.05, 0.1) is 6.04 Å². The summed E-state index contributed by atoms with van der Waals surface area (Å²) in [6.07, 6.45) is 3.57. The van der Waals surface area contributed by atoms with Crippen LogP contribution >= 0.6 is 11.3 Å². The number of amides is 1. The van der Waals surface area contributed by atoms with Crippen LogP contribution in [0.1, 0.15) is 31.1 Å². The highest BCUT2D eigenvalue weighted by molar-refractivity contribution is 7.91. The summed E-state index contributed by atoms with van der Waals surface area (Å²) in [7, 11) is -3.35. The molecule has 1 fully saturated rings. The van der Waals surface area contributed by atoms with E-state index in [1.165, 1.54) is 11.3 Å². The highest BCUT2D eigenvalue weighted by atomic mass is 32.2. The van der Waals surface area contributed by atoms with Crippen LogP contribution in [0.5, 0.6) is 0 Å². The molecule has 0 unspecified atom stereocenters. The quantitative estimate of drug-likeness (QED) is 0.802. The average Bonchev–Trinajstić information content (AvgIpc) is 2.97. The first kappa shape index (κ1) is 17.4. The van der Waals surface area contributed by atoms with Crippen molar-refractivity contribution in [3.8, 4) is 0 Å². The highest BCUT2D eigenvalue weighted by Gasteiger charge is 2.27. The molecule has 2 heterocycles. The molecule has 22 heavy (non-hydrogen) atoms. The Morgan fingerprint density at radius 3 is 2.68 bits per heavy atom. The van der Waals surface area contributed by atoms with E-state index in [-0.39, 0.29) is 5.91 Å². The second-order valence-electron chi connectivity index (χ2n) is 5.52. The predicted octanol–water partition coefficient (Wildman–Crippen LogP) is 0.929. The van der Waals surface area contributed by atoms with E-state index in [4.69, 9.17) is 5.73 Å². The third-order valence-corrected chi connectivity index (χ3v) is 7.14. The van der Waals surface area contributed by atoms with Gasteiger partial charge in [-0.2, -0.15) is 4.31 Å². The number of rotatable bonds is 6. The number of nitrogens with one attached hydrogen (secondary N) is 1. The molecule has 8 heteroatoms. The van der Waals surface area contributed by atoms with Gasteiger partial charge >= 0.3 is 0 Å². The molecule has 124 valence electrons. The lowest BCUT2D eigenvalue weighted by molar-refractivity contribution is -0.121. The smallest absolute Gasteiger partial charge is 0.252 e. The summed E-state index contributed by atoms with van der Waals surface area (Å²) in [5.41, 5.74) is 5.46. The van der Waals surface area contributed by atoms with Crippen molar-refractivity contribution in [2.75, 3.05) is 19.6 Å². The van der Waals surface area contributed by atoms with Crippen LogP contribution in [0.15, 0.2) is 16.3 Å². The molecule has 1 saturated heterocycles. The summed E-state index contributed by atoms with van der Waals surface area (Å²) < 4.78 is 27.0. The number of hydrogen-bond donors (Lipinski definition) is 2. The fourth-order valence-corrected chi connectivity index (χ4v) is 5.36. The molecular weight excluding hydrogens is 322 g/mol. The Hall–Kier alpha value is -0.960. The van der Waals surface area contributed by atoms with Crippen molar-refractivity contribution in [1.29, 1.82) is 0 Å². The van der Waals surface area contributed by atoms with Gasteiger partial charge in [0.1, 0.15) is 4.21 Å². The van der Waals surface area contributed by atoms with Crippen molar-refractivity contribution in [1.82, 2.24) is 9.62 Å². The molecule has 0 spiro atoms. The van der Waals surface area contributed by atoms with Crippen molar-refractivity contribution >= 4 is 27.3 Å². The van der Waals surface area contributed by atoms with Gasteiger partial charge < -0.3 is 11.1 Å². The lowest BCUT2D eigenvalue weighted by Gasteiger charge is -2.25. The van der Waals surface area contributed by atoms with Gasteiger partial charge in [0.15, 0.2) is 0 Å². The zero-order valence-electron chi connectivity index (χ0n) is 12.7. The van der Waals surface area contributed by atoms with E-state index in [9.17, 15) is 13.2 Å². The topological polar surface area (TPSA) is 92.5 Å². The number of carbonyl (C=O) groups is 1. The normalized spacial score (nSPS) is 18.1. The highest BCUT2D eigenvalue weighted by Crippen LogP contribution is 2.27. The first-order valence-corrected chi connectivity index (χ1v) is 9.79. The minimum absolute atomic E-state index is 0.197. The Morgan fingerprint density at radius 2 is 2.05 bits per heavy atom. The Morgan fingerprint density at radius 1 is 1.36 bits per heavy atom.